The first-order valence-corrected chi connectivity index (χ1v) is 9.30. The molecule has 0 spiro atoms. The van der Waals surface area contributed by atoms with E-state index < -0.39 is 18.5 Å². The van der Waals surface area contributed by atoms with Gasteiger partial charge < -0.3 is 19.5 Å². The van der Waals surface area contributed by atoms with E-state index in [1.165, 1.54) is 6.33 Å². The Balaban J connectivity index is 1.31. The molecule has 0 radical (unpaired) electrons. The van der Waals surface area contributed by atoms with Crippen molar-refractivity contribution in [3.8, 4) is 11.5 Å². The number of nitrogens with one attached hydrogen (secondary N) is 1. The largest absolute Gasteiger partial charge is 0.454 e. The molecule has 1 aromatic heterocycles. The SMILES string of the molecule is C[C@H](NC(=O)COC(=O)Cn1cnc2ccccc2c1=O)c1ccc2c(c1)OCO2. The molecule has 0 unspecified atom stereocenters. The van der Waals surface area contributed by atoms with Crippen molar-refractivity contribution in [2.75, 3.05) is 13.4 Å². The van der Waals surface area contributed by atoms with Gasteiger partial charge in [-0.25, -0.2) is 4.98 Å². The summed E-state index contributed by atoms with van der Waals surface area (Å²) in [4.78, 5) is 40.7. The quantitative estimate of drug-likeness (QED) is 0.615. The number of rotatable bonds is 6. The van der Waals surface area contributed by atoms with Crippen LogP contribution in [0.25, 0.3) is 10.9 Å². The minimum atomic E-state index is -0.708. The van der Waals surface area contributed by atoms with Crippen molar-refractivity contribution in [2.24, 2.45) is 0 Å². The average molecular weight is 409 g/mol. The van der Waals surface area contributed by atoms with Crippen molar-refractivity contribution >= 4 is 22.8 Å². The fraction of sp³-hybridized carbons (Fsp3) is 0.238. The lowest BCUT2D eigenvalue weighted by atomic mass is 10.1. The molecule has 1 atom stereocenters. The van der Waals surface area contributed by atoms with Crippen molar-refractivity contribution in [2.45, 2.75) is 19.5 Å². The van der Waals surface area contributed by atoms with Crippen LogP contribution in [0.3, 0.4) is 0 Å². The number of benzene rings is 2. The van der Waals surface area contributed by atoms with Crippen molar-refractivity contribution in [3.05, 3.63) is 64.7 Å². The molecular formula is C21H19N3O6. The average Bonchev–Trinajstić information content (AvgIpc) is 3.22. The van der Waals surface area contributed by atoms with E-state index in [0.29, 0.717) is 22.4 Å². The molecule has 154 valence electrons. The van der Waals surface area contributed by atoms with Crippen LogP contribution in [-0.4, -0.2) is 34.8 Å². The van der Waals surface area contributed by atoms with Crippen LogP contribution in [0, 0.1) is 0 Å². The van der Waals surface area contributed by atoms with Crippen LogP contribution >= 0.6 is 0 Å². The Morgan fingerprint density at radius 1 is 1.20 bits per heavy atom. The summed E-state index contributed by atoms with van der Waals surface area (Å²) in [5.41, 5.74) is 1.02. The zero-order valence-corrected chi connectivity index (χ0v) is 16.2. The Labute approximate surface area is 171 Å². The van der Waals surface area contributed by atoms with Gasteiger partial charge in [-0.2, -0.15) is 0 Å². The maximum absolute atomic E-state index is 12.4. The molecule has 0 aliphatic carbocycles. The second-order valence-corrected chi connectivity index (χ2v) is 6.76. The topological polar surface area (TPSA) is 109 Å². The highest BCUT2D eigenvalue weighted by Gasteiger charge is 2.17. The van der Waals surface area contributed by atoms with Crippen molar-refractivity contribution in [3.63, 3.8) is 0 Å². The van der Waals surface area contributed by atoms with E-state index in [0.717, 1.165) is 10.1 Å². The summed E-state index contributed by atoms with van der Waals surface area (Å²) in [6.45, 7) is 1.19. The smallest absolute Gasteiger partial charge is 0.326 e. The van der Waals surface area contributed by atoms with Gasteiger partial charge in [0.25, 0.3) is 11.5 Å². The summed E-state index contributed by atoms with van der Waals surface area (Å²) >= 11 is 0. The van der Waals surface area contributed by atoms with E-state index in [-0.39, 0.29) is 24.9 Å². The Morgan fingerprint density at radius 3 is 2.87 bits per heavy atom. The highest BCUT2D eigenvalue weighted by atomic mass is 16.7. The first kappa shape index (κ1) is 19.4. The number of nitrogens with zero attached hydrogens (tertiary/aromatic N) is 2. The minimum absolute atomic E-state index is 0.172. The van der Waals surface area contributed by atoms with Gasteiger partial charge in [-0.3, -0.25) is 19.0 Å². The molecule has 9 heteroatoms. The fourth-order valence-electron chi connectivity index (χ4n) is 3.10. The maximum atomic E-state index is 12.4. The number of hydrogen-bond donors (Lipinski definition) is 1. The summed E-state index contributed by atoms with van der Waals surface area (Å²) in [5.74, 6) is 0.108. The lowest BCUT2D eigenvalue weighted by Crippen LogP contribution is -2.32. The number of fused-ring (bicyclic) bond motifs is 2. The molecule has 1 N–H and O–H groups in total. The van der Waals surface area contributed by atoms with Crippen LogP contribution in [0.5, 0.6) is 11.5 Å². The second-order valence-electron chi connectivity index (χ2n) is 6.76. The maximum Gasteiger partial charge on any atom is 0.326 e. The number of amides is 1. The number of carbonyl (C=O) groups excluding carboxylic acids is 2. The molecule has 0 bridgehead atoms. The molecular weight excluding hydrogens is 390 g/mol. The summed E-state index contributed by atoms with van der Waals surface area (Å²) in [5, 5.41) is 3.15. The number of hydrogen-bond acceptors (Lipinski definition) is 7. The van der Waals surface area contributed by atoms with Gasteiger partial charge in [-0.05, 0) is 36.8 Å². The third-order valence-electron chi connectivity index (χ3n) is 4.67. The monoisotopic (exact) mass is 409 g/mol. The molecule has 0 saturated heterocycles. The molecule has 2 aromatic carbocycles. The van der Waals surface area contributed by atoms with Gasteiger partial charge in [0.15, 0.2) is 18.1 Å². The van der Waals surface area contributed by atoms with Crippen LogP contribution in [0.15, 0.2) is 53.6 Å². The summed E-state index contributed by atoms with van der Waals surface area (Å²) < 4.78 is 16.7. The van der Waals surface area contributed by atoms with Crippen LogP contribution < -0.4 is 20.3 Å². The van der Waals surface area contributed by atoms with Crippen LogP contribution in [-0.2, 0) is 20.9 Å². The molecule has 4 rings (SSSR count). The summed E-state index contributed by atoms with van der Waals surface area (Å²) in [6.07, 6.45) is 1.29. The van der Waals surface area contributed by atoms with E-state index in [2.05, 4.69) is 10.3 Å². The van der Waals surface area contributed by atoms with Crippen LogP contribution in [0.2, 0.25) is 0 Å². The van der Waals surface area contributed by atoms with Crippen LogP contribution in [0.1, 0.15) is 18.5 Å². The van der Waals surface area contributed by atoms with E-state index in [1.54, 1.807) is 43.3 Å². The first-order valence-electron chi connectivity index (χ1n) is 9.30. The van der Waals surface area contributed by atoms with Gasteiger partial charge in [0.1, 0.15) is 6.54 Å². The number of aromatic nitrogens is 2. The Bertz CT molecular complexity index is 1170. The normalized spacial score (nSPS) is 13.1. The third-order valence-corrected chi connectivity index (χ3v) is 4.67. The van der Waals surface area contributed by atoms with Crippen molar-refractivity contribution < 1.29 is 23.8 Å². The zero-order valence-electron chi connectivity index (χ0n) is 16.2. The Hall–Kier alpha value is -3.88. The van der Waals surface area contributed by atoms with Gasteiger partial charge in [-0.1, -0.05) is 18.2 Å². The molecule has 3 aromatic rings. The van der Waals surface area contributed by atoms with Gasteiger partial charge in [0, 0.05) is 0 Å². The van der Waals surface area contributed by atoms with Gasteiger partial charge >= 0.3 is 5.97 Å². The van der Waals surface area contributed by atoms with E-state index in [4.69, 9.17) is 14.2 Å². The third kappa shape index (κ3) is 4.09. The van der Waals surface area contributed by atoms with Gasteiger partial charge in [0.2, 0.25) is 6.79 Å². The molecule has 1 amide bonds. The van der Waals surface area contributed by atoms with E-state index in [9.17, 15) is 14.4 Å². The molecule has 9 nitrogen and oxygen atoms in total. The Morgan fingerprint density at radius 2 is 2.00 bits per heavy atom. The summed E-state index contributed by atoms with van der Waals surface area (Å²) in [7, 11) is 0. The second kappa shape index (κ2) is 8.24. The first-order chi connectivity index (χ1) is 14.5. The highest BCUT2D eigenvalue weighted by molar-refractivity contribution is 5.81. The highest BCUT2D eigenvalue weighted by Crippen LogP contribution is 2.34. The van der Waals surface area contributed by atoms with E-state index >= 15 is 0 Å². The molecule has 0 saturated carbocycles. The molecule has 30 heavy (non-hydrogen) atoms. The number of ether oxygens (including phenoxy) is 3. The number of para-hydroxylation sites is 1. The number of esters is 1. The van der Waals surface area contributed by atoms with Gasteiger partial charge in [0.05, 0.1) is 23.3 Å². The predicted molar refractivity (Wildman–Crippen MR) is 106 cm³/mol. The zero-order chi connectivity index (χ0) is 21.1. The van der Waals surface area contributed by atoms with Gasteiger partial charge in [-0.15, -0.1) is 0 Å². The Kier molecular flexibility index (Phi) is 5.34. The molecule has 2 heterocycles. The van der Waals surface area contributed by atoms with Crippen LogP contribution in [0.4, 0.5) is 0 Å². The summed E-state index contributed by atoms with van der Waals surface area (Å²) in [6, 6.07) is 11.9. The predicted octanol–water partition coefficient (Wildman–Crippen LogP) is 1.55. The van der Waals surface area contributed by atoms with Crippen molar-refractivity contribution in [1.29, 1.82) is 0 Å². The molecule has 1 aliphatic heterocycles. The molecule has 0 fully saturated rings. The number of carbonyl (C=O) groups is 2. The van der Waals surface area contributed by atoms with Crippen molar-refractivity contribution in [1.82, 2.24) is 14.9 Å². The minimum Gasteiger partial charge on any atom is -0.454 e. The lowest BCUT2D eigenvalue weighted by molar-refractivity contribution is -0.149. The lowest BCUT2D eigenvalue weighted by Gasteiger charge is -2.15. The standard InChI is InChI=1S/C21H19N3O6/c1-13(14-6-7-17-18(8-14)30-12-29-17)23-19(25)10-28-20(26)9-24-11-22-16-5-3-2-4-15(16)21(24)27/h2-8,11,13H,9-10,12H2,1H3,(H,23,25)/t13-/m0/s1. The molecule has 1 aliphatic rings. The van der Waals surface area contributed by atoms with E-state index in [1.807, 2.05) is 6.07 Å². The fourth-order valence-corrected chi connectivity index (χ4v) is 3.10.